The number of carbonyl (C=O) groups is 1. The third-order valence-corrected chi connectivity index (χ3v) is 3.29. The molecule has 0 aliphatic carbocycles. The van der Waals surface area contributed by atoms with E-state index < -0.39 is 11.7 Å². The van der Waals surface area contributed by atoms with Gasteiger partial charge in [0.25, 0.3) is 0 Å². The standard InChI is InChI=1S/C13H15BrFNO2/c1-13(2,3)18-12(17)16-7-6-8-10(15)5-4-9(14)11(8)16/h4-5H,6-7H2,1-3H3. The van der Waals surface area contributed by atoms with Crippen LogP contribution in [0.1, 0.15) is 26.3 Å². The monoisotopic (exact) mass is 315 g/mol. The molecule has 0 aromatic heterocycles. The molecule has 0 fully saturated rings. The van der Waals surface area contributed by atoms with Crippen LogP contribution in [0.4, 0.5) is 14.9 Å². The van der Waals surface area contributed by atoms with Gasteiger partial charge in [0, 0.05) is 16.6 Å². The number of amides is 1. The van der Waals surface area contributed by atoms with Crippen LogP contribution in [0.5, 0.6) is 0 Å². The van der Waals surface area contributed by atoms with Crippen LogP contribution in [0.25, 0.3) is 0 Å². The number of hydrogen-bond acceptors (Lipinski definition) is 2. The second-order valence-corrected chi connectivity index (χ2v) is 6.09. The molecule has 1 aromatic rings. The highest BCUT2D eigenvalue weighted by molar-refractivity contribution is 9.10. The number of halogens is 2. The molecule has 0 spiro atoms. The molecule has 0 radical (unpaired) electrons. The maximum absolute atomic E-state index is 13.6. The molecule has 5 heteroatoms. The van der Waals surface area contributed by atoms with Gasteiger partial charge in [-0.3, -0.25) is 4.90 Å². The van der Waals surface area contributed by atoms with Crippen LogP contribution < -0.4 is 4.90 Å². The van der Waals surface area contributed by atoms with Crippen molar-refractivity contribution in [1.82, 2.24) is 0 Å². The summed E-state index contributed by atoms with van der Waals surface area (Å²) in [4.78, 5) is 13.5. The summed E-state index contributed by atoms with van der Waals surface area (Å²) < 4.78 is 19.7. The molecule has 98 valence electrons. The van der Waals surface area contributed by atoms with Gasteiger partial charge in [0.05, 0.1) is 5.69 Å². The molecule has 0 saturated carbocycles. The highest BCUT2D eigenvalue weighted by Crippen LogP contribution is 2.37. The minimum Gasteiger partial charge on any atom is -0.443 e. The second kappa shape index (κ2) is 4.53. The van der Waals surface area contributed by atoms with E-state index in [2.05, 4.69) is 15.9 Å². The summed E-state index contributed by atoms with van der Waals surface area (Å²) in [6.07, 6.45) is 0.0763. The van der Waals surface area contributed by atoms with Crippen molar-refractivity contribution >= 4 is 27.7 Å². The van der Waals surface area contributed by atoms with Gasteiger partial charge < -0.3 is 4.74 Å². The summed E-state index contributed by atoms with van der Waals surface area (Å²) in [5.74, 6) is -0.278. The molecule has 0 atom stereocenters. The topological polar surface area (TPSA) is 29.5 Å². The summed E-state index contributed by atoms with van der Waals surface area (Å²) in [6, 6.07) is 3.01. The number of rotatable bonds is 0. The van der Waals surface area contributed by atoms with Crippen LogP contribution in [-0.4, -0.2) is 18.2 Å². The van der Waals surface area contributed by atoms with Crippen LogP contribution in [0, 0.1) is 5.82 Å². The fourth-order valence-corrected chi connectivity index (χ4v) is 2.53. The first kappa shape index (κ1) is 13.3. The molecule has 0 bridgehead atoms. The van der Waals surface area contributed by atoms with Gasteiger partial charge in [0.2, 0.25) is 0 Å². The van der Waals surface area contributed by atoms with E-state index in [1.165, 1.54) is 11.0 Å². The fraction of sp³-hybridized carbons (Fsp3) is 0.462. The maximum atomic E-state index is 13.6. The molecule has 1 aromatic carbocycles. The second-order valence-electron chi connectivity index (χ2n) is 5.24. The van der Waals surface area contributed by atoms with Crippen molar-refractivity contribution in [2.45, 2.75) is 32.8 Å². The summed E-state index contributed by atoms with van der Waals surface area (Å²) in [5, 5.41) is 0. The van der Waals surface area contributed by atoms with Gasteiger partial charge in [-0.05, 0) is 55.3 Å². The van der Waals surface area contributed by atoms with E-state index in [-0.39, 0.29) is 5.82 Å². The number of fused-ring (bicyclic) bond motifs is 1. The number of ether oxygens (including phenoxy) is 1. The van der Waals surface area contributed by atoms with Crippen LogP contribution in [-0.2, 0) is 11.2 Å². The third kappa shape index (κ3) is 2.51. The van der Waals surface area contributed by atoms with E-state index in [0.29, 0.717) is 28.7 Å². The van der Waals surface area contributed by atoms with E-state index in [9.17, 15) is 9.18 Å². The van der Waals surface area contributed by atoms with E-state index in [4.69, 9.17) is 4.74 Å². The summed E-state index contributed by atoms with van der Waals surface area (Å²) in [6.45, 7) is 5.87. The zero-order valence-corrected chi connectivity index (χ0v) is 12.2. The third-order valence-electron chi connectivity index (χ3n) is 2.65. The van der Waals surface area contributed by atoms with Gasteiger partial charge >= 0.3 is 6.09 Å². The van der Waals surface area contributed by atoms with Gasteiger partial charge in [0.15, 0.2) is 0 Å². The van der Waals surface area contributed by atoms with E-state index in [1.807, 2.05) is 20.8 Å². The molecule has 18 heavy (non-hydrogen) atoms. The van der Waals surface area contributed by atoms with Crippen LogP contribution in [0.2, 0.25) is 0 Å². The fourth-order valence-electron chi connectivity index (χ4n) is 1.95. The highest BCUT2D eigenvalue weighted by atomic mass is 79.9. The molecule has 3 nitrogen and oxygen atoms in total. The van der Waals surface area contributed by atoms with Crippen molar-refractivity contribution in [2.24, 2.45) is 0 Å². The summed E-state index contributed by atoms with van der Waals surface area (Å²) >= 11 is 3.35. The van der Waals surface area contributed by atoms with Crippen LogP contribution in [0.3, 0.4) is 0 Å². The zero-order chi connectivity index (χ0) is 13.5. The number of anilines is 1. The van der Waals surface area contributed by atoms with Gasteiger partial charge in [-0.25, -0.2) is 9.18 Å². The summed E-state index contributed by atoms with van der Waals surface area (Å²) in [5.41, 5.74) is 0.596. The Morgan fingerprint density at radius 1 is 1.44 bits per heavy atom. The minimum absolute atomic E-state index is 0.278. The molecule has 1 heterocycles. The van der Waals surface area contributed by atoms with Crippen molar-refractivity contribution in [3.63, 3.8) is 0 Å². The normalized spacial score (nSPS) is 14.6. The van der Waals surface area contributed by atoms with Gasteiger partial charge in [-0.15, -0.1) is 0 Å². The Hall–Kier alpha value is -1.10. The van der Waals surface area contributed by atoms with E-state index >= 15 is 0 Å². The number of hydrogen-bond donors (Lipinski definition) is 0. The Bertz CT molecular complexity index is 496. The lowest BCUT2D eigenvalue weighted by atomic mass is 10.1. The lowest BCUT2D eigenvalue weighted by molar-refractivity contribution is 0.0584. The van der Waals surface area contributed by atoms with Crippen molar-refractivity contribution < 1.29 is 13.9 Å². The first-order valence-electron chi connectivity index (χ1n) is 5.77. The van der Waals surface area contributed by atoms with E-state index in [1.54, 1.807) is 6.07 Å². The first-order valence-corrected chi connectivity index (χ1v) is 6.56. The molecule has 1 aliphatic rings. The molecular weight excluding hydrogens is 301 g/mol. The Labute approximate surface area is 114 Å². The van der Waals surface area contributed by atoms with E-state index in [0.717, 1.165) is 0 Å². The van der Waals surface area contributed by atoms with Gasteiger partial charge in [-0.1, -0.05) is 0 Å². The smallest absolute Gasteiger partial charge is 0.414 e. The Kier molecular flexibility index (Phi) is 3.36. The lowest BCUT2D eigenvalue weighted by Gasteiger charge is -2.25. The minimum atomic E-state index is -0.556. The molecule has 2 rings (SSSR count). The molecule has 0 N–H and O–H groups in total. The largest absolute Gasteiger partial charge is 0.443 e. The Morgan fingerprint density at radius 2 is 2.11 bits per heavy atom. The maximum Gasteiger partial charge on any atom is 0.414 e. The quantitative estimate of drug-likeness (QED) is 0.727. The molecule has 0 saturated heterocycles. The zero-order valence-electron chi connectivity index (χ0n) is 10.6. The van der Waals surface area contributed by atoms with Gasteiger partial charge in [0.1, 0.15) is 11.4 Å². The van der Waals surface area contributed by atoms with Crippen molar-refractivity contribution in [1.29, 1.82) is 0 Å². The molecule has 1 aliphatic heterocycles. The Morgan fingerprint density at radius 3 is 2.72 bits per heavy atom. The predicted octanol–water partition coefficient (Wildman–Crippen LogP) is 3.89. The highest BCUT2D eigenvalue weighted by Gasteiger charge is 2.32. The average molecular weight is 316 g/mol. The van der Waals surface area contributed by atoms with Crippen LogP contribution >= 0.6 is 15.9 Å². The Balaban J connectivity index is 2.32. The molecule has 1 amide bonds. The molecular formula is C13H15BrFNO2. The number of benzene rings is 1. The van der Waals surface area contributed by atoms with Crippen LogP contribution in [0.15, 0.2) is 16.6 Å². The van der Waals surface area contributed by atoms with Crippen molar-refractivity contribution in [2.75, 3.05) is 11.4 Å². The SMILES string of the molecule is CC(C)(C)OC(=O)N1CCc2c(F)ccc(Br)c21. The van der Waals surface area contributed by atoms with Crippen molar-refractivity contribution in [3.05, 3.63) is 28.0 Å². The predicted molar refractivity (Wildman–Crippen MR) is 71.4 cm³/mol. The lowest BCUT2D eigenvalue weighted by Crippen LogP contribution is -2.35. The average Bonchev–Trinajstić information content (AvgIpc) is 2.66. The number of carbonyl (C=O) groups excluding carboxylic acids is 1. The van der Waals surface area contributed by atoms with Crippen molar-refractivity contribution in [3.8, 4) is 0 Å². The molecule has 0 unspecified atom stereocenters. The van der Waals surface area contributed by atoms with Gasteiger partial charge in [-0.2, -0.15) is 0 Å². The summed E-state index contributed by atoms with van der Waals surface area (Å²) in [7, 11) is 0. The number of nitrogens with zero attached hydrogens (tertiary/aromatic N) is 1. The first-order chi connectivity index (χ1) is 8.29.